The van der Waals surface area contributed by atoms with Crippen LogP contribution in [0.25, 0.3) is 11.3 Å². The number of aromatic nitrogens is 5. The largest absolute Gasteiger partial charge is 0.337 e. The molecule has 2 aliphatic rings. The van der Waals surface area contributed by atoms with Gasteiger partial charge in [0, 0.05) is 43.7 Å². The van der Waals surface area contributed by atoms with Crippen LogP contribution in [-0.4, -0.2) is 54.6 Å². The number of halogens is 2. The predicted molar refractivity (Wildman–Crippen MR) is 113 cm³/mol. The number of amides is 1. The zero-order valence-corrected chi connectivity index (χ0v) is 17.7. The van der Waals surface area contributed by atoms with Crippen molar-refractivity contribution in [3.63, 3.8) is 0 Å². The molecule has 11 heteroatoms. The fourth-order valence-corrected chi connectivity index (χ4v) is 4.05. The highest BCUT2D eigenvalue weighted by Gasteiger charge is 2.64. The second kappa shape index (κ2) is 7.58. The number of rotatable bonds is 6. The highest BCUT2D eigenvalue weighted by molar-refractivity contribution is 5.84. The average Bonchev–Trinajstić information content (AvgIpc) is 3.16. The van der Waals surface area contributed by atoms with Crippen LogP contribution in [0.5, 0.6) is 0 Å². The van der Waals surface area contributed by atoms with Crippen molar-refractivity contribution in [2.24, 2.45) is 5.92 Å². The van der Waals surface area contributed by atoms with Crippen molar-refractivity contribution in [2.45, 2.75) is 31.2 Å². The summed E-state index contributed by atoms with van der Waals surface area (Å²) in [7, 11) is 0. The van der Waals surface area contributed by atoms with Gasteiger partial charge in [-0.25, -0.2) is 18.7 Å². The number of nitrogens with zero attached hydrogens (tertiary/aromatic N) is 7. The van der Waals surface area contributed by atoms with Gasteiger partial charge in [-0.2, -0.15) is 10.4 Å². The Hall–Kier alpha value is -3.94. The minimum absolute atomic E-state index is 0.107. The maximum absolute atomic E-state index is 13.3. The van der Waals surface area contributed by atoms with Crippen molar-refractivity contribution >= 4 is 17.5 Å². The number of nitrogens with one attached hydrogen (secondary N) is 1. The molecule has 0 unspecified atom stereocenters. The number of pyridine rings is 1. The quantitative estimate of drug-likeness (QED) is 0.614. The van der Waals surface area contributed by atoms with Crippen molar-refractivity contribution in [2.75, 3.05) is 18.4 Å². The number of hydrogen-bond acceptors (Lipinski definition) is 7. The Kier molecular flexibility index (Phi) is 4.81. The third-order valence-electron chi connectivity index (χ3n) is 5.97. The number of likely N-dealkylation sites (tertiary alicyclic amines) is 1. The van der Waals surface area contributed by atoms with E-state index >= 15 is 0 Å². The zero-order chi connectivity index (χ0) is 23.2. The molecule has 1 aliphatic heterocycles. The summed E-state index contributed by atoms with van der Waals surface area (Å²) in [6, 6.07) is 5.80. The van der Waals surface area contributed by atoms with E-state index in [0.29, 0.717) is 17.2 Å². The van der Waals surface area contributed by atoms with Crippen molar-refractivity contribution in [1.82, 2.24) is 29.6 Å². The van der Waals surface area contributed by atoms with Crippen LogP contribution < -0.4 is 5.32 Å². The molecule has 9 nitrogen and oxygen atoms in total. The van der Waals surface area contributed by atoms with E-state index in [9.17, 15) is 18.8 Å². The molecule has 5 rings (SSSR count). The summed E-state index contributed by atoms with van der Waals surface area (Å²) in [6.45, 7) is 2.28. The molecular weight excluding hydrogens is 430 g/mol. The molecule has 33 heavy (non-hydrogen) atoms. The van der Waals surface area contributed by atoms with Crippen molar-refractivity contribution in [3.8, 4) is 17.3 Å². The minimum Gasteiger partial charge on any atom is -0.337 e. The molecule has 1 amide bonds. The van der Waals surface area contributed by atoms with Gasteiger partial charge in [0.05, 0.1) is 36.3 Å². The lowest BCUT2D eigenvalue weighted by Crippen LogP contribution is -2.64. The Morgan fingerprint density at radius 3 is 2.82 bits per heavy atom. The Balaban J connectivity index is 1.33. The van der Waals surface area contributed by atoms with Crippen LogP contribution in [0.3, 0.4) is 0 Å². The second-order valence-corrected chi connectivity index (χ2v) is 8.59. The third-order valence-corrected chi connectivity index (χ3v) is 5.97. The van der Waals surface area contributed by atoms with Gasteiger partial charge in [0.15, 0.2) is 0 Å². The van der Waals surface area contributed by atoms with E-state index in [2.05, 4.69) is 31.4 Å². The van der Waals surface area contributed by atoms with Crippen molar-refractivity contribution in [1.29, 1.82) is 5.26 Å². The first-order valence-corrected chi connectivity index (χ1v) is 10.4. The second-order valence-electron chi connectivity index (χ2n) is 8.59. The van der Waals surface area contributed by atoms with Gasteiger partial charge in [0.2, 0.25) is 11.9 Å². The van der Waals surface area contributed by atoms with Gasteiger partial charge < -0.3 is 10.2 Å². The number of carbonyl (C=O) groups excluding carboxylic acids is 1. The number of carbonyl (C=O) groups is 1. The van der Waals surface area contributed by atoms with Gasteiger partial charge in [-0.1, -0.05) is 0 Å². The highest BCUT2D eigenvalue weighted by atomic mass is 19.3. The first kappa shape index (κ1) is 20.9. The number of alkyl halides is 2. The molecular formula is C22H20F2N8O. The van der Waals surface area contributed by atoms with Gasteiger partial charge in [-0.15, -0.1) is 0 Å². The molecule has 1 saturated carbocycles. The minimum atomic E-state index is -2.91. The standard InChI is InChI=1S/C22H20F2N8O/c1-14-6-16(10-26-8-14)29-20-27-5-2-18(30-20)15-9-28-32(11-15)21(3-4-25)12-31(13-21)19(33)17-7-22(17,23)24/h2,5-6,8-11,17H,3,7,12-13H2,1H3,(H,27,29,30)/t17-/m0/s1. The average molecular weight is 450 g/mol. The zero-order valence-electron chi connectivity index (χ0n) is 17.7. The molecule has 3 aromatic rings. The van der Waals surface area contributed by atoms with Crippen LogP contribution in [0, 0.1) is 24.2 Å². The molecule has 0 bridgehead atoms. The Morgan fingerprint density at radius 2 is 2.12 bits per heavy atom. The summed E-state index contributed by atoms with van der Waals surface area (Å²) in [5.41, 5.74) is 2.35. The molecule has 0 spiro atoms. The van der Waals surface area contributed by atoms with E-state index in [1.165, 1.54) is 4.90 Å². The molecule has 0 radical (unpaired) electrons. The molecule has 2 fully saturated rings. The fraction of sp³-hybridized carbons (Fsp3) is 0.364. The smallest absolute Gasteiger partial charge is 0.260 e. The van der Waals surface area contributed by atoms with Crippen LogP contribution >= 0.6 is 0 Å². The van der Waals surface area contributed by atoms with E-state index in [0.717, 1.165) is 11.3 Å². The number of nitriles is 1. The van der Waals surface area contributed by atoms with Crippen LogP contribution in [-0.2, 0) is 10.3 Å². The number of aryl methyl sites for hydroxylation is 1. The van der Waals surface area contributed by atoms with Crippen LogP contribution in [0.4, 0.5) is 20.4 Å². The van der Waals surface area contributed by atoms with Crippen molar-refractivity contribution in [3.05, 3.63) is 48.7 Å². The van der Waals surface area contributed by atoms with E-state index in [1.54, 1.807) is 41.7 Å². The summed E-state index contributed by atoms with van der Waals surface area (Å²) in [5.74, 6) is -4.30. The van der Waals surface area contributed by atoms with Crippen LogP contribution in [0.1, 0.15) is 18.4 Å². The summed E-state index contributed by atoms with van der Waals surface area (Å²) < 4.78 is 28.2. The molecule has 168 valence electrons. The van der Waals surface area contributed by atoms with Crippen LogP contribution in [0.2, 0.25) is 0 Å². The Morgan fingerprint density at radius 1 is 1.33 bits per heavy atom. The van der Waals surface area contributed by atoms with E-state index in [4.69, 9.17) is 0 Å². The first-order chi connectivity index (χ1) is 15.8. The van der Waals surface area contributed by atoms with E-state index in [-0.39, 0.29) is 19.5 Å². The van der Waals surface area contributed by atoms with Crippen LogP contribution in [0.15, 0.2) is 43.1 Å². The molecule has 1 aliphatic carbocycles. The normalized spacial score (nSPS) is 19.9. The Labute approximate surface area is 188 Å². The molecule has 1 saturated heterocycles. The SMILES string of the molecule is Cc1cncc(Nc2nccc(-c3cnn(C4(CC#N)CN(C(=O)[C@@H]5CC5(F)F)C4)c3)n2)c1. The summed E-state index contributed by atoms with van der Waals surface area (Å²) >= 11 is 0. The number of anilines is 2. The Bertz CT molecular complexity index is 1260. The van der Waals surface area contributed by atoms with Gasteiger partial charge >= 0.3 is 0 Å². The molecule has 0 aromatic carbocycles. The first-order valence-electron chi connectivity index (χ1n) is 10.4. The summed E-state index contributed by atoms with van der Waals surface area (Å²) in [5, 5.41) is 16.8. The van der Waals surface area contributed by atoms with E-state index < -0.39 is 29.7 Å². The monoisotopic (exact) mass is 450 g/mol. The number of hydrogen-bond donors (Lipinski definition) is 1. The molecule has 3 aromatic heterocycles. The summed E-state index contributed by atoms with van der Waals surface area (Å²) in [4.78, 5) is 26.6. The van der Waals surface area contributed by atoms with Gasteiger partial charge in [-0.3, -0.25) is 14.5 Å². The van der Waals surface area contributed by atoms with Gasteiger partial charge in [0.1, 0.15) is 11.5 Å². The predicted octanol–water partition coefficient (Wildman–Crippen LogP) is 2.89. The molecule has 4 heterocycles. The topological polar surface area (TPSA) is 113 Å². The molecule has 1 atom stereocenters. The lowest BCUT2D eigenvalue weighted by atomic mass is 9.86. The lowest BCUT2D eigenvalue weighted by Gasteiger charge is -2.49. The van der Waals surface area contributed by atoms with Crippen molar-refractivity contribution < 1.29 is 13.6 Å². The highest BCUT2D eigenvalue weighted by Crippen LogP contribution is 2.50. The fourth-order valence-electron chi connectivity index (χ4n) is 4.05. The molecule has 1 N–H and O–H groups in total. The lowest BCUT2D eigenvalue weighted by molar-refractivity contribution is -0.146. The summed E-state index contributed by atoms with van der Waals surface area (Å²) in [6.07, 6.45) is 8.13. The maximum atomic E-state index is 13.3. The van der Waals surface area contributed by atoms with Gasteiger partial charge in [-0.05, 0) is 24.6 Å². The van der Waals surface area contributed by atoms with E-state index in [1.807, 2.05) is 13.0 Å². The third kappa shape index (κ3) is 3.88. The van der Waals surface area contributed by atoms with Gasteiger partial charge in [0.25, 0.3) is 5.92 Å². The maximum Gasteiger partial charge on any atom is 0.260 e.